The Morgan fingerprint density at radius 1 is 0.931 bits per heavy atom. The molecule has 0 spiro atoms. The third-order valence-electron chi connectivity index (χ3n) is 4.38. The molecule has 0 radical (unpaired) electrons. The van der Waals surface area contributed by atoms with Crippen LogP contribution in [0.15, 0.2) is 89.9 Å². The molecular weight excluding hydrogens is 362 g/mol. The summed E-state index contributed by atoms with van der Waals surface area (Å²) in [5.41, 5.74) is 3.79. The highest BCUT2D eigenvalue weighted by molar-refractivity contribution is 5.79. The summed E-state index contributed by atoms with van der Waals surface area (Å²) < 4.78 is 5.37. The van der Waals surface area contributed by atoms with Crippen LogP contribution in [0.4, 0.5) is 16.2 Å². The van der Waals surface area contributed by atoms with Gasteiger partial charge in [-0.1, -0.05) is 72.8 Å². The number of para-hydroxylation sites is 2. The van der Waals surface area contributed by atoms with E-state index < -0.39 is 6.09 Å². The predicted molar refractivity (Wildman–Crippen MR) is 118 cm³/mol. The van der Waals surface area contributed by atoms with Crippen LogP contribution in [-0.4, -0.2) is 25.4 Å². The number of aliphatic imine (C=N–C) groups is 1. The number of benzene rings is 3. The van der Waals surface area contributed by atoms with E-state index in [9.17, 15) is 4.79 Å². The van der Waals surface area contributed by atoms with E-state index in [4.69, 9.17) is 4.74 Å². The molecule has 1 amide bonds. The summed E-state index contributed by atoms with van der Waals surface area (Å²) in [6.07, 6.45) is 1.91. The van der Waals surface area contributed by atoms with Crippen molar-refractivity contribution in [3.05, 3.63) is 96.1 Å². The molecule has 0 aliphatic rings. The lowest BCUT2D eigenvalue weighted by Crippen LogP contribution is -2.38. The minimum atomic E-state index is -0.469. The minimum absolute atomic E-state index is 0.227. The third-order valence-corrected chi connectivity index (χ3v) is 4.38. The molecule has 3 aromatic carbocycles. The van der Waals surface area contributed by atoms with Crippen molar-refractivity contribution in [2.24, 2.45) is 4.99 Å². The lowest BCUT2D eigenvalue weighted by atomic mass is 10.1. The first kappa shape index (κ1) is 20.1. The first-order valence-corrected chi connectivity index (χ1v) is 9.56. The maximum Gasteiger partial charge on any atom is 0.407 e. The molecule has 29 heavy (non-hydrogen) atoms. The standard InChI is InChI=1S/C24H25N3O2/c1-25-22-14-8-9-15-23(22)26-17-21(16-19-10-4-2-5-11-19)27-24(28)29-18-20-12-6-3-7-13-20/h2-15,17,21,25H,16,18H2,1H3,(H,27,28)/t21-/m0/s1. The highest BCUT2D eigenvalue weighted by Crippen LogP contribution is 2.23. The second-order valence-corrected chi connectivity index (χ2v) is 6.55. The van der Waals surface area contributed by atoms with Crippen LogP contribution in [0, 0.1) is 0 Å². The fraction of sp³-hybridized carbons (Fsp3) is 0.167. The summed E-state index contributed by atoms with van der Waals surface area (Å²) in [4.78, 5) is 16.9. The van der Waals surface area contributed by atoms with Crippen LogP contribution < -0.4 is 10.6 Å². The Kier molecular flexibility index (Phi) is 7.41. The number of nitrogens with one attached hydrogen (secondary N) is 2. The molecule has 0 aliphatic heterocycles. The average molecular weight is 387 g/mol. The summed E-state index contributed by atoms with van der Waals surface area (Å²) in [6.45, 7) is 0.227. The lowest BCUT2D eigenvalue weighted by molar-refractivity contribution is 0.138. The summed E-state index contributed by atoms with van der Waals surface area (Å²) in [5.74, 6) is 0. The Morgan fingerprint density at radius 2 is 1.55 bits per heavy atom. The van der Waals surface area contributed by atoms with E-state index in [-0.39, 0.29) is 12.6 Å². The number of nitrogens with zero attached hydrogens (tertiary/aromatic N) is 1. The molecule has 0 aromatic heterocycles. The molecule has 3 rings (SSSR count). The Labute approximate surface area is 171 Å². The first-order valence-electron chi connectivity index (χ1n) is 9.56. The van der Waals surface area contributed by atoms with Crippen molar-refractivity contribution in [3.8, 4) is 0 Å². The van der Waals surface area contributed by atoms with Crippen molar-refractivity contribution in [1.82, 2.24) is 5.32 Å². The minimum Gasteiger partial charge on any atom is -0.445 e. The van der Waals surface area contributed by atoms with E-state index in [1.807, 2.05) is 92.0 Å². The third kappa shape index (κ3) is 6.50. The molecule has 2 N–H and O–H groups in total. The number of amides is 1. The molecule has 0 bridgehead atoms. The Balaban J connectivity index is 1.68. The number of ether oxygens (including phenoxy) is 1. The lowest BCUT2D eigenvalue weighted by Gasteiger charge is -2.15. The topological polar surface area (TPSA) is 62.7 Å². The molecule has 0 saturated carbocycles. The molecule has 3 aromatic rings. The molecule has 148 valence electrons. The van der Waals surface area contributed by atoms with E-state index in [0.29, 0.717) is 6.42 Å². The molecule has 0 heterocycles. The van der Waals surface area contributed by atoms with Gasteiger partial charge in [-0.15, -0.1) is 0 Å². The first-order chi connectivity index (χ1) is 14.2. The summed E-state index contributed by atoms with van der Waals surface area (Å²) in [6, 6.07) is 27.1. The van der Waals surface area contributed by atoms with E-state index in [0.717, 1.165) is 22.5 Å². The van der Waals surface area contributed by atoms with Gasteiger partial charge in [0, 0.05) is 13.3 Å². The number of carbonyl (C=O) groups is 1. The van der Waals surface area contributed by atoms with Crippen molar-refractivity contribution in [1.29, 1.82) is 0 Å². The van der Waals surface area contributed by atoms with Crippen molar-refractivity contribution < 1.29 is 9.53 Å². The molecule has 0 saturated heterocycles. The molecule has 0 aliphatic carbocycles. The SMILES string of the molecule is CNc1ccccc1N=C[C@H](Cc1ccccc1)NC(=O)OCc1ccccc1. The van der Waals surface area contributed by atoms with Crippen molar-refractivity contribution >= 4 is 23.7 Å². The van der Waals surface area contributed by atoms with Gasteiger partial charge in [-0.05, 0) is 29.7 Å². The van der Waals surface area contributed by atoms with Gasteiger partial charge in [-0.25, -0.2) is 4.79 Å². The van der Waals surface area contributed by atoms with Gasteiger partial charge < -0.3 is 15.4 Å². The zero-order chi connectivity index (χ0) is 20.3. The van der Waals surface area contributed by atoms with E-state index in [2.05, 4.69) is 15.6 Å². The molecule has 5 heteroatoms. The van der Waals surface area contributed by atoms with Gasteiger partial charge in [0.2, 0.25) is 0 Å². The Morgan fingerprint density at radius 3 is 2.24 bits per heavy atom. The van der Waals surface area contributed by atoms with Gasteiger partial charge in [0.15, 0.2) is 0 Å². The van der Waals surface area contributed by atoms with Crippen molar-refractivity contribution in [2.45, 2.75) is 19.1 Å². The fourth-order valence-electron chi connectivity index (χ4n) is 2.89. The Bertz CT molecular complexity index is 927. The normalized spacial score (nSPS) is 11.8. The summed E-state index contributed by atoms with van der Waals surface area (Å²) in [7, 11) is 1.86. The maximum atomic E-state index is 12.3. The number of alkyl carbamates (subject to hydrolysis) is 1. The quantitative estimate of drug-likeness (QED) is 0.537. The highest BCUT2D eigenvalue weighted by atomic mass is 16.5. The van der Waals surface area contributed by atoms with Crippen LogP contribution >= 0.6 is 0 Å². The zero-order valence-corrected chi connectivity index (χ0v) is 16.4. The van der Waals surface area contributed by atoms with Gasteiger partial charge in [0.25, 0.3) is 0 Å². The van der Waals surface area contributed by atoms with Gasteiger partial charge in [0.05, 0.1) is 17.4 Å². The summed E-state index contributed by atoms with van der Waals surface area (Å²) >= 11 is 0. The maximum absolute atomic E-state index is 12.3. The number of hydrogen-bond acceptors (Lipinski definition) is 4. The summed E-state index contributed by atoms with van der Waals surface area (Å²) in [5, 5.41) is 6.04. The van der Waals surface area contributed by atoms with Crippen LogP contribution in [0.25, 0.3) is 0 Å². The second kappa shape index (κ2) is 10.7. The van der Waals surface area contributed by atoms with E-state index >= 15 is 0 Å². The number of carbonyl (C=O) groups excluding carboxylic acids is 1. The zero-order valence-electron chi connectivity index (χ0n) is 16.4. The van der Waals surface area contributed by atoms with Gasteiger partial charge in [0.1, 0.15) is 6.61 Å². The monoisotopic (exact) mass is 387 g/mol. The smallest absolute Gasteiger partial charge is 0.407 e. The average Bonchev–Trinajstić information content (AvgIpc) is 2.77. The van der Waals surface area contributed by atoms with Crippen LogP contribution in [-0.2, 0) is 17.8 Å². The van der Waals surface area contributed by atoms with Crippen molar-refractivity contribution in [2.75, 3.05) is 12.4 Å². The molecule has 0 unspecified atom stereocenters. The van der Waals surface area contributed by atoms with Crippen LogP contribution in [0.5, 0.6) is 0 Å². The van der Waals surface area contributed by atoms with E-state index in [1.54, 1.807) is 6.21 Å². The largest absolute Gasteiger partial charge is 0.445 e. The Hall–Kier alpha value is -3.60. The molecular formula is C24H25N3O2. The van der Waals surface area contributed by atoms with Gasteiger partial charge >= 0.3 is 6.09 Å². The molecule has 0 fully saturated rings. The number of hydrogen-bond donors (Lipinski definition) is 2. The number of rotatable bonds is 8. The van der Waals surface area contributed by atoms with Gasteiger partial charge in [-0.3, -0.25) is 4.99 Å². The highest BCUT2D eigenvalue weighted by Gasteiger charge is 2.13. The van der Waals surface area contributed by atoms with Gasteiger partial charge in [-0.2, -0.15) is 0 Å². The fourth-order valence-corrected chi connectivity index (χ4v) is 2.89. The van der Waals surface area contributed by atoms with Crippen molar-refractivity contribution in [3.63, 3.8) is 0 Å². The van der Waals surface area contributed by atoms with Crippen LogP contribution in [0.1, 0.15) is 11.1 Å². The number of anilines is 1. The molecule has 1 atom stereocenters. The van der Waals surface area contributed by atoms with Crippen LogP contribution in [0.2, 0.25) is 0 Å². The molecule has 5 nitrogen and oxygen atoms in total. The second-order valence-electron chi connectivity index (χ2n) is 6.55. The van der Waals surface area contributed by atoms with Crippen LogP contribution in [0.3, 0.4) is 0 Å². The van der Waals surface area contributed by atoms with E-state index in [1.165, 1.54) is 0 Å². The predicted octanol–water partition coefficient (Wildman–Crippen LogP) is 4.97.